The van der Waals surface area contributed by atoms with Crippen LogP contribution in [-0.4, -0.2) is 33.9 Å². The first kappa shape index (κ1) is 12.3. The zero-order valence-corrected chi connectivity index (χ0v) is 10.4. The van der Waals surface area contributed by atoms with Gasteiger partial charge in [0.1, 0.15) is 5.82 Å². The van der Waals surface area contributed by atoms with Crippen molar-refractivity contribution in [1.82, 2.24) is 4.98 Å². The van der Waals surface area contributed by atoms with Gasteiger partial charge in [-0.25, -0.2) is 4.98 Å². The lowest BCUT2D eigenvalue weighted by atomic mass is 9.94. The van der Waals surface area contributed by atoms with Gasteiger partial charge in [0.15, 0.2) is 0 Å². The van der Waals surface area contributed by atoms with Crippen LogP contribution >= 0.6 is 0 Å². The van der Waals surface area contributed by atoms with Crippen molar-refractivity contribution in [3.63, 3.8) is 0 Å². The predicted octanol–water partition coefficient (Wildman–Crippen LogP) is 1.49. The van der Waals surface area contributed by atoms with Crippen molar-refractivity contribution in [2.45, 2.75) is 38.4 Å². The van der Waals surface area contributed by atoms with Crippen molar-refractivity contribution in [3.8, 4) is 0 Å². The molecule has 0 aromatic carbocycles. The van der Waals surface area contributed by atoms with Crippen LogP contribution in [0.4, 0.5) is 5.82 Å². The SMILES string of the molecule is CC(O)c1ccnc(N2CCC(C)(O)CC2)c1. The number of aromatic nitrogens is 1. The second-order valence-electron chi connectivity index (χ2n) is 5.11. The molecule has 1 unspecified atom stereocenters. The topological polar surface area (TPSA) is 56.6 Å². The number of aliphatic hydroxyl groups excluding tert-OH is 1. The van der Waals surface area contributed by atoms with Crippen molar-refractivity contribution in [1.29, 1.82) is 0 Å². The molecular formula is C13H20N2O2. The van der Waals surface area contributed by atoms with Crippen molar-refractivity contribution in [2.24, 2.45) is 0 Å². The third-order valence-electron chi connectivity index (χ3n) is 3.42. The van der Waals surface area contributed by atoms with Gasteiger partial charge in [-0.1, -0.05) is 0 Å². The molecule has 0 aliphatic carbocycles. The number of aliphatic hydroxyl groups is 2. The third kappa shape index (κ3) is 2.96. The Morgan fingerprint density at radius 2 is 2.06 bits per heavy atom. The Hall–Kier alpha value is -1.13. The molecule has 1 fully saturated rings. The summed E-state index contributed by atoms with van der Waals surface area (Å²) in [5, 5.41) is 19.4. The molecule has 1 aliphatic heterocycles. The van der Waals surface area contributed by atoms with Crippen LogP contribution in [0, 0.1) is 0 Å². The molecule has 1 saturated heterocycles. The summed E-state index contributed by atoms with van der Waals surface area (Å²) in [5.74, 6) is 0.888. The van der Waals surface area contributed by atoms with E-state index in [2.05, 4.69) is 9.88 Å². The molecule has 94 valence electrons. The number of hydrogen-bond donors (Lipinski definition) is 2. The highest BCUT2D eigenvalue weighted by molar-refractivity contribution is 5.42. The van der Waals surface area contributed by atoms with Gasteiger partial charge in [0, 0.05) is 19.3 Å². The average Bonchev–Trinajstić information content (AvgIpc) is 2.29. The number of piperidine rings is 1. The van der Waals surface area contributed by atoms with Crippen molar-refractivity contribution < 1.29 is 10.2 Å². The lowest BCUT2D eigenvalue weighted by molar-refractivity contribution is 0.0350. The minimum absolute atomic E-state index is 0.468. The average molecular weight is 236 g/mol. The first-order chi connectivity index (χ1) is 7.98. The second kappa shape index (κ2) is 4.63. The number of nitrogens with zero attached hydrogens (tertiary/aromatic N) is 2. The maximum absolute atomic E-state index is 9.89. The Morgan fingerprint density at radius 1 is 1.41 bits per heavy atom. The lowest BCUT2D eigenvalue weighted by Crippen LogP contribution is -2.42. The fraction of sp³-hybridized carbons (Fsp3) is 0.615. The Bertz CT molecular complexity index is 381. The van der Waals surface area contributed by atoms with Crippen LogP contribution in [0.2, 0.25) is 0 Å². The van der Waals surface area contributed by atoms with E-state index in [0.29, 0.717) is 0 Å². The van der Waals surface area contributed by atoms with Gasteiger partial charge in [-0.2, -0.15) is 0 Å². The minimum Gasteiger partial charge on any atom is -0.390 e. The highest BCUT2D eigenvalue weighted by Gasteiger charge is 2.27. The Morgan fingerprint density at radius 3 is 2.65 bits per heavy atom. The van der Waals surface area contributed by atoms with Gasteiger partial charge in [-0.3, -0.25) is 0 Å². The van der Waals surface area contributed by atoms with E-state index in [-0.39, 0.29) is 0 Å². The summed E-state index contributed by atoms with van der Waals surface area (Å²) in [6.07, 6.45) is 2.77. The van der Waals surface area contributed by atoms with Gasteiger partial charge in [0.05, 0.1) is 11.7 Å². The highest BCUT2D eigenvalue weighted by Crippen LogP contribution is 2.25. The van der Waals surface area contributed by atoms with Crippen molar-refractivity contribution in [2.75, 3.05) is 18.0 Å². The van der Waals surface area contributed by atoms with E-state index in [0.717, 1.165) is 37.3 Å². The number of pyridine rings is 1. The molecule has 2 heterocycles. The van der Waals surface area contributed by atoms with E-state index in [1.54, 1.807) is 13.1 Å². The van der Waals surface area contributed by atoms with Crippen LogP contribution in [0.3, 0.4) is 0 Å². The van der Waals surface area contributed by atoms with Crippen LogP contribution in [0.5, 0.6) is 0 Å². The summed E-state index contributed by atoms with van der Waals surface area (Å²) in [6.45, 7) is 5.25. The molecular weight excluding hydrogens is 216 g/mol. The van der Waals surface area contributed by atoms with Crippen LogP contribution in [0.15, 0.2) is 18.3 Å². The van der Waals surface area contributed by atoms with E-state index < -0.39 is 11.7 Å². The van der Waals surface area contributed by atoms with E-state index in [4.69, 9.17) is 0 Å². The molecule has 2 N–H and O–H groups in total. The molecule has 1 aromatic rings. The minimum atomic E-state index is -0.543. The molecule has 4 nitrogen and oxygen atoms in total. The summed E-state index contributed by atoms with van der Waals surface area (Å²) in [5.41, 5.74) is 0.339. The van der Waals surface area contributed by atoms with E-state index in [1.807, 2.05) is 19.1 Å². The Kier molecular flexibility index (Phi) is 3.35. The van der Waals surface area contributed by atoms with Gasteiger partial charge >= 0.3 is 0 Å². The number of hydrogen-bond acceptors (Lipinski definition) is 4. The normalized spacial score (nSPS) is 21.3. The molecule has 0 spiro atoms. The number of anilines is 1. The van der Waals surface area contributed by atoms with Gasteiger partial charge in [-0.15, -0.1) is 0 Å². The zero-order valence-electron chi connectivity index (χ0n) is 10.4. The predicted molar refractivity (Wildman–Crippen MR) is 66.9 cm³/mol. The quantitative estimate of drug-likeness (QED) is 0.816. The molecule has 0 amide bonds. The van der Waals surface area contributed by atoms with Crippen LogP contribution in [0.1, 0.15) is 38.4 Å². The monoisotopic (exact) mass is 236 g/mol. The molecule has 4 heteroatoms. The van der Waals surface area contributed by atoms with Crippen LogP contribution in [-0.2, 0) is 0 Å². The first-order valence-corrected chi connectivity index (χ1v) is 6.09. The van der Waals surface area contributed by atoms with E-state index >= 15 is 0 Å². The highest BCUT2D eigenvalue weighted by atomic mass is 16.3. The smallest absolute Gasteiger partial charge is 0.128 e. The lowest BCUT2D eigenvalue weighted by Gasteiger charge is -2.36. The van der Waals surface area contributed by atoms with Crippen LogP contribution < -0.4 is 4.90 Å². The molecule has 1 atom stereocenters. The third-order valence-corrected chi connectivity index (χ3v) is 3.42. The van der Waals surface area contributed by atoms with E-state index in [1.165, 1.54) is 0 Å². The summed E-state index contributed by atoms with van der Waals surface area (Å²) < 4.78 is 0. The molecule has 17 heavy (non-hydrogen) atoms. The first-order valence-electron chi connectivity index (χ1n) is 6.09. The van der Waals surface area contributed by atoms with Gasteiger partial charge in [0.25, 0.3) is 0 Å². The fourth-order valence-electron chi connectivity index (χ4n) is 2.08. The van der Waals surface area contributed by atoms with Gasteiger partial charge in [-0.05, 0) is 44.4 Å². The molecule has 0 bridgehead atoms. The Labute approximate surface area is 102 Å². The maximum atomic E-state index is 9.89. The Balaban J connectivity index is 2.10. The zero-order chi connectivity index (χ0) is 12.5. The van der Waals surface area contributed by atoms with E-state index in [9.17, 15) is 10.2 Å². The van der Waals surface area contributed by atoms with Crippen molar-refractivity contribution in [3.05, 3.63) is 23.9 Å². The van der Waals surface area contributed by atoms with Crippen LogP contribution in [0.25, 0.3) is 0 Å². The van der Waals surface area contributed by atoms with Gasteiger partial charge < -0.3 is 15.1 Å². The second-order valence-corrected chi connectivity index (χ2v) is 5.11. The summed E-state index contributed by atoms with van der Waals surface area (Å²) >= 11 is 0. The summed E-state index contributed by atoms with van der Waals surface area (Å²) in [6, 6.07) is 3.75. The molecule has 0 saturated carbocycles. The standard InChI is InChI=1S/C13H20N2O2/c1-10(16)11-3-6-14-12(9-11)15-7-4-13(2,17)5-8-15/h3,6,9-10,16-17H,4-5,7-8H2,1-2H3. The summed E-state index contributed by atoms with van der Waals surface area (Å²) in [4.78, 5) is 6.48. The number of rotatable bonds is 2. The molecule has 2 rings (SSSR count). The maximum Gasteiger partial charge on any atom is 0.128 e. The van der Waals surface area contributed by atoms with Crippen molar-refractivity contribution >= 4 is 5.82 Å². The molecule has 0 radical (unpaired) electrons. The molecule has 1 aromatic heterocycles. The van der Waals surface area contributed by atoms with Gasteiger partial charge in [0.2, 0.25) is 0 Å². The molecule has 1 aliphatic rings. The summed E-state index contributed by atoms with van der Waals surface area (Å²) in [7, 11) is 0. The largest absolute Gasteiger partial charge is 0.390 e. The fourth-order valence-corrected chi connectivity index (χ4v) is 2.08.